The minimum Gasteiger partial charge on any atom is -0.505 e. The molecule has 0 saturated carbocycles. The van der Waals surface area contributed by atoms with Gasteiger partial charge in [0, 0.05) is 5.39 Å². The summed E-state index contributed by atoms with van der Waals surface area (Å²) in [5.74, 6) is 0.365. The van der Waals surface area contributed by atoms with Gasteiger partial charge in [0.05, 0.1) is 15.6 Å². The van der Waals surface area contributed by atoms with E-state index in [0.29, 0.717) is 16.9 Å². The van der Waals surface area contributed by atoms with Crippen LogP contribution in [0.3, 0.4) is 0 Å². The summed E-state index contributed by atoms with van der Waals surface area (Å²) in [6.45, 7) is 0. The molecular weight excluding hydrogens is 347 g/mol. The first kappa shape index (κ1) is 15.1. The second-order valence-corrected chi connectivity index (χ2v) is 6.25. The molecule has 1 aliphatic heterocycles. The summed E-state index contributed by atoms with van der Waals surface area (Å²) in [5, 5.41) is 11.7. The van der Waals surface area contributed by atoms with E-state index >= 15 is 0 Å². The lowest BCUT2D eigenvalue weighted by Crippen LogP contribution is -1.98. The van der Waals surface area contributed by atoms with Crippen LogP contribution in [-0.4, -0.2) is 10.9 Å². The Morgan fingerprint density at radius 1 is 1.00 bits per heavy atom. The lowest BCUT2D eigenvalue weighted by Gasteiger charge is -2.04. The van der Waals surface area contributed by atoms with Gasteiger partial charge in [0.25, 0.3) is 0 Å². The molecule has 4 rings (SSSR count). The Bertz CT molecular complexity index is 1010. The third-order valence-corrected chi connectivity index (χ3v) is 4.47. The Morgan fingerprint density at radius 2 is 1.71 bits per heavy atom. The summed E-state index contributed by atoms with van der Waals surface area (Å²) in [4.78, 5) is 12.6. The molecule has 1 N–H and O–H groups in total. The van der Waals surface area contributed by atoms with Crippen LogP contribution in [-0.2, 0) is 0 Å². The maximum absolute atomic E-state index is 12.6. The number of rotatable bonds is 1. The Kier molecular flexibility index (Phi) is 3.48. The predicted octanol–water partition coefficient (Wildman–Crippen LogP) is 5.47. The summed E-state index contributed by atoms with van der Waals surface area (Å²) < 4.78 is 5.81. The maximum atomic E-state index is 12.6. The van der Waals surface area contributed by atoms with Crippen molar-refractivity contribution in [3.63, 3.8) is 0 Å². The highest BCUT2D eigenvalue weighted by Gasteiger charge is 2.29. The van der Waals surface area contributed by atoms with Crippen LogP contribution in [0.5, 0.6) is 11.5 Å². The minimum absolute atomic E-state index is 0.114. The van der Waals surface area contributed by atoms with E-state index in [2.05, 4.69) is 0 Å². The monoisotopic (exact) mass is 356 g/mol. The Balaban J connectivity index is 1.82. The molecule has 1 aliphatic rings. The second-order valence-electron chi connectivity index (χ2n) is 5.44. The lowest BCUT2D eigenvalue weighted by molar-refractivity contribution is 0.101. The van der Waals surface area contributed by atoms with Crippen molar-refractivity contribution in [1.82, 2.24) is 0 Å². The number of phenolic OH excluding ortho intramolecular Hbond substituents is 1. The summed E-state index contributed by atoms with van der Waals surface area (Å²) in [7, 11) is 0. The van der Waals surface area contributed by atoms with Crippen molar-refractivity contribution in [3.8, 4) is 11.5 Å². The molecule has 0 unspecified atom stereocenters. The van der Waals surface area contributed by atoms with Crippen LogP contribution in [0, 0.1) is 0 Å². The van der Waals surface area contributed by atoms with Crippen molar-refractivity contribution in [2.75, 3.05) is 0 Å². The van der Waals surface area contributed by atoms with Crippen molar-refractivity contribution in [2.24, 2.45) is 0 Å². The number of ether oxygens (including phenoxy) is 1. The molecule has 5 heteroatoms. The maximum Gasteiger partial charge on any atom is 0.231 e. The summed E-state index contributed by atoms with van der Waals surface area (Å²) in [6, 6.07) is 14.4. The molecule has 0 radical (unpaired) electrons. The number of hydrogen-bond acceptors (Lipinski definition) is 3. The fourth-order valence-electron chi connectivity index (χ4n) is 2.74. The fourth-order valence-corrected chi connectivity index (χ4v) is 3.24. The molecule has 118 valence electrons. The molecule has 3 nitrogen and oxygen atoms in total. The zero-order valence-electron chi connectivity index (χ0n) is 12.2. The van der Waals surface area contributed by atoms with Gasteiger partial charge in [-0.3, -0.25) is 4.79 Å². The SMILES string of the molecule is O=C1C(=Cc2cc(Cl)c(O)c(Cl)c2)Oc2c1ccc1ccccc21. The van der Waals surface area contributed by atoms with Gasteiger partial charge in [0.2, 0.25) is 5.78 Å². The van der Waals surface area contributed by atoms with Crippen molar-refractivity contribution >= 4 is 45.8 Å². The third-order valence-electron chi connectivity index (χ3n) is 3.90. The first-order chi connectivity index (χ1) is 11.5. The number of fused-ring (bicyclic) bond motifs is 3. The average Bonchev–Trinajstić information content (AvgIpc) is 2.89. The summed E-state index contributed by atoms with van der Waals surface area (Å²) in [6.07, 6.45) is 1.56. The van der Waals surface area contributed by atoms with E-state index in [1.54, 1.807) is 12.1 Å². The largest absolute Gasteiger partial charge is 0.505 e. The van der Waals surface area contributed by atoms with Crippen LogP contribution in [0.25, 0.3) is 16.8 Å². The highest BCUT2D eigenvalue weighted by molar-refractivity contribution is 6.37. The summed E-state index contributed by atoms with van der Waals surface area (Å²) >= 11 is 11.8. The zero-order chi connectivity index (χ0) is 16.8. The normalized spacial score (nSPS) is 14.9. The number of allylic oxidation sites excluding steroid dienone is 1. The molecule has 3 aromatic carbocycles. The van der Waals surface area contributed by atoms with E-state index in [9.17, 15) is 9.90 Å². The van der Waals surface area contributed by atoms with E-state index in [1.165, 1.54) is 12.1 Å². The van der Waals surface area contributed by atoms with Gasteiger partial charge in [-0.15, -0.1) is 0 Å². The summed E-state index contributed by atoms with van der Waals surface area (Å²) in [5.41, 5.74) is 1.10. The molecule has 3 aromatic rings. The molecule has 0 bridgehead atoms. The van der Waals surface area contributed by atoms with Gasteiger partial charge in [-0.05, 0) is 35.2 Å². The Hall–Kier alpha value is -2.49. The lowest BCUT2D eigenvalue weighted by atomic mass is 10.0. The van der Waals surface area contributed by atoms with Crippen LogP contribution in [0.1, 0.15) is 15.9 Å². The minimum atomic E-state index is -0.198. The number of phenols is 1. The molecule has 0 fully saturated rings. The average molecular weight is 357 g/mol. The topological polar surface area (TPSA) is 46.5 Å². The van der Waals surface area contributed by atoms with Gasteiger partial charge in [-0.25, -0.2) is 0 Å². The molecular formula is C19H10Cl2O3. The molecule has 1 heterocycles. The first-order valence-electron chi connectivity index (χ1n) is 7.18. The molecule has 0 aromatic heterocycles. The van der Waals surface area contributed by atoms with Crippen molar-refractivity contribution in [2.45, 2.75) is 0 Å². The van der Waals surface area contributed by atoms with Crippen LogP contribution < -0.4 is 4.74 Å². The third kappa shape index (κ3) is 2.33. The van der Waals surface area contributed by atoms with E-state index in [0.717, 1.165) is 10.8 Å². The zero-order valence-corrected chi connectivity index (χ0v) is 13.7. The fraction of sp³-hybridized carbons (Fsp3) is 0. The molecule has 0 atom stereocenters. The number of carbonyl (C=O) groups excluding carboxylic acids is 1. The Morgan fingerprint density at radius 3 is 2.46 bits per heavy atom. The first-order valence-corrected chi connectivity index (χ1v) is 7.94. The molecule has 24 heavy (non-hydrogen) atoms. The van der Waals surface area contributed by atoms with Gasteiger partial charge >= 0.3 is 0 Å². The van der Waals surface area contributed by atoms with Gasteiger partial charge in [-0.2, -0.15) is 0 Å². The highest BCUT2D eigenvalue weighted by Crippen LogP contribution is 2.39. The number of aromatic hydroxyl groups is 1. The van der Waals surface area contributed by atoms with Crippen LogP contribution in [0.2, 0.25) is 10.0 Å². The van der Waals surface area contributed by atoms with Gasteiger partial charge in [0.15, 0.2) is 11.5 Å². The van der Waals surface area contributed by atoms with E-state index < -0.39 is 0 Å². The van der Waals surface area contributed by atoms with E-state index in [-0.39, 0.29) is 27.3 Å². The highest BCUT2D eigenvalue weighted by atomic mass is 35.5. The van der Waals surface area contributed by atoms with Crippen molar-refractivity contribution < 1.29 is 14.6 Å². The van der Waals surface area contributed by atoms with Gasteiger partial charge in [-0.1, -0.05) is 53.5 Å². The van der Waals surface area contributed by atoms with Crippen LogP contribution in [0.15, 0.2) is 54.3 Å². The number of benzene rings is 3. The smallest absolute Gasteiger partial charge is 0.231 e. The Labute approximate surface area is 147 Å². The molecule has 0 saturated heterocycles. The van der Waals surface area contributed by atoms with E-state index in [1.807, 2.05) is 30.3 Å². The van der Waals surface area contributed by atoms with Crippen molar-refractivity contribution in [3.05, 3.63) is 75.5 Å². The van der Waals surface area contributed by atoms with Crippen LogP contribution >= 0.6 is 23.2 Å². The number of hydrogen-bond donors (Lipinski definition) is 1. The second kappa shape index (κ2) is 5.55. The van der Waals surface area contributed by atoms with Gasteiger partial charge < -0.3 is 9.84 Å². The number of Topliss-reactive ketones (excluding diaryl/α,β-unsaturated/α-hetero) is 1. The number of ketones is 1. The predicted molar refractivity (Wildman–Crippen MR) is 95.0 cm³/mol. The molecule has 0 amide bonds. The van der Waals surface area contributed by atoms with E-state index in [4.69, 9.17) is 27.9 Å². The molecule has 0 aliphatic carbocycles. The van der Waals surface area contributed by atoms with Crippen molar-refractivity contribution in [1.29, 1.82) is 0 Å². The standard InChI is InChI=1S/C19H10Cl2O3/c20-14-7-10(8-15(21)18(14)23)9-16-17(22)13-6-5-11-3-1-2-4-12(11)19(13)24-16/h1-9,23H. The van der Waals surface area contributed by atoms with Crippen LogP contribution in [0.4, 0.5) is 0 Å². The number of carbonyl (C=O) groups is 1. The quantitative estimate of drug-likeness (QED) is 0.588. The molecule has 0 spiro atoms. The number of halogens is 2. The van der Waals surface area contributed by atoms with Gasteiger partial charge in [0.1, 0.15) is 5.75 Å².